The van der Waals surface area contributed by atoms with Gasteiger partial charge in [0.2, 0.25) is 5.91 Å². The number of nitrogens with one attached hydrogen (secondary N) is 2. The number of carbonyl (C=O) groups is 3. The summed E-state index contributed by atoms with van der Waals surface area (Å²) in [6.45, 7) is 3.68. The van der Waals surface area contributed by atoms with Crippen molar-refractivity contribution in [3.05, 3.63) is 54.1 Å². The second-order valence-electron chi connectivity index (χ2n) is 8.43. The van der Waals surface area contributed by atoms with Crippen molar-refractivity contribution in [1.29, 1.82) is 0 Å². The molecule has 0 aromatic heterocycles. The fraction of sp³-hybridized carbons (Fsp3) is 0.375. The van der Waals surface area contributed by atoms with E-state index in [1.807, 2.05) is 38.1 Å². The lowest BCUT2D eigenvalue weighted by Crippen LogP contribution is -2.54. The summed E-state index contributed by atoms with van der Waals surface area (Å²) in [4.78, 5) is 39.0. The minimum absolute atomic E-state index is 0.0618. The van der Waals surface area contributed by atoms with Gasteiger partial charge in [-0.15, -0.1) is 0 Å². The van der Waals surface area contributed by atoms with E-state index >= 15 is 0 Å². The molecule has 0 radical (unpaired) electrons. The molecule has 2 aromatic carbocycles. The van der Waals surface area contributed by atoms with Crippen molar-refractivity contribution in [3.63, 3.8) is 0 Å². The molecule has 7 nitrogen and oxygen atoms in total. The number of benzene rings is 2. The van der Waals surface area contributed by atoms with E-state index in [-0.39, 0.29) is 18.4 Å². The highest BCUT2D eigenvalue weighted by Crippen LogP contribution is 2.38. The average Bonchev–Trinajstić information content (AvgIpc) is 2.97. The van der Waals surface area contributed by atoms with Crippen LogP contribution in [-0.2, 0) is 9.59 Å². The Labute approximate surface area is 181 Å². The third kappa shape index (κ3) is 4.26. The smallest absolute Gasteiger partial charge is 0.325 e. The lowest BCUT2D eigenvalue weighted by atomic mass is 9.73. The van der Waals surface area contributed by atoms with Crippen molar-refractivity contribution in [2.75, 3.05) is 11.9 Å². The van der Waals surface area contributed by atoms with Gasteiger partial charge in [-0.05, 0) is 67.6 Å². The van der Waals surface area contributed by atoms with Crippen LogP contribution in [0.1, 0.15) is 38.2 Å². The molecule has 31 heavy (non-hydrogen) atoms. The van der Waals surface area contributed by atoms with Crippen LogP contribution in [0, 0.1) is 12.8 Å². The number of nitrogens with zero attached hydrogens (tertiary/aromatic N) is 1. The zero-order valence-corrected chi connectivity index (χ0v) is 17.8. The maximum absolute atomic E-state index is 13.0. The first-order valence-corrected chi connectivity index (χ1v) is 10.7. The van der Waals surface area contributed by atoms with Crippen molar-refractivity contribution in [3.8, 4) is 11.5 Å². The van der Waals surface area contributed by atoms with Crippen LogP contribution in [0.3, 0.4) is 0 Å². The molecule has 4 amide bonds. The molecule has 1 aliphatic heterocycles. The monoisotopic (exact) mass is 421 g/mol. The van der Waals surface area contributed by atoms with Crippen molar-refractivity contribution < 1.29 is 19.1 Å². The molecule has 162 valence electrons. The zero-order valence-electron chi connectivity index (χ0n) is 17.8. The number of rotatable bonds is 5. The molecule has 2 aromatic rings. The van der Waals surface area contributed by atoms with Crippen molar-refractivity contribution in [1.82, 2.24) is 10.2 Å². The fourth-order valence-corrected chi connectivity index (χ4v) is 4.40. The summed E-state index contributed by atoms with van der Waals surface area (Å²) in [5.74, 6) is 0.733. The van der Waals surface area contributed by atoms with Gasteiger partial charge >= 0.3 is 6.03 Å². The van der Waals surface area contributed by atoms with Gasteiger partial charge in [0.25, 0.3) is 5.91 Å². The van der Waals surface area contributed by atoms with E-state index < -0.39 is 17.5 Å². The van der Waals surface area contributed by atoms with E-state index in [9.17, 15) is 14.4 Å². The number of imide groups is 1. The molecular weight excluding hydrogens is 394 g/mol. The molecule has 2 atom stereocenters. The average molecular weight is 421 g/mol. The summed E-state index contributed by atoms with van der Waals surface area (Å²) in [7, 11) is 0. The molecular formula is C24H27N3O4. The third-order valence-electron chi connectivity index (χ3n) is 6.17. The fourth-order valence-electron chi connectivity index (χ4n) is 4.40. The number of carbonyl (C=O) groups excluding carboxylic acids is 3. The van der Waals surface area contributed by atoms with E-state index in [1.165, 1.54) is 0 Å². The summed E-state index contributed by atoms with van der Waals surface area (Å²) in [6, 6.07) is 14.2. The second-order valence-corrected chi connectivity index (χ2v) is 8.43. The van der Waals surface area contributed by atoms with Crippen LogP contribution < -0.4 is 15.4 Å². The molecule has 1 saturated heterocycles. The number of amides is 4. The first kappa shape index (κ1) is 20.9. The Kier molecular flexibility index (Phi) is 5.67. The van der Waals surface area contributed by atoms with Gasteiger partial charge in [-0.2, -0.15) is 0 Å². The highest BCUT2D eigenvalue weighted by atomic mass is 16.5. The number of ether oxygens (including phenoxy) is 1. The molecule has 2 aliphatic rings. The van der Waals surface area contributed by atoms with Crippen LogP contribution in [0.15, 0.2) is 48.5 Å². The van der Waals surface area contributed by atoms with Gasteiger partial charge in [0.05, 0.1) is 0 Å². The molecule has 2 N–H and O–H groups in total. The quantitative estimate of drug-likeness (QED) is 0.708. The van der Waals surface area contributed by atoms with Gasteiger partial charge in [-0.1, -0.05) is 31.9 Å². The highest BCUT2D eigenvalue weighted by Gasteiger charge is 2.55. The summed E-state index contributed by atoms with van der Waals surface area (Å²) in [5, 5.41) is 5.61. The normalized spacial score (nSPS) is 23.0. The van der Waals surface area contributed by atoms with E-state index in [0.29, 0.717) is 17.9 Å². The third-order valence-corrected chi connectivity index (χ3v) is 6.17. The Balaban J connectivity index is 1.36. The summed E-state index contributed by atoms with van der Waals surface area (Å²) >= 11 is 0. The maximum Gasteiger partial charge on any atom is 0.325 e. The van der Waals surface area contributed by atoms with Crippen molar-refractivity contribution in [2.24, 2.45) is 5.92 Å². The molecule has 2 fully saturated rings. The first-order valence-electron chi connectivity index (χ1n) is 10.7. The van der Waals surface area contributed by atoms with Crippen LogP contribution in [0.2, 0.25) is 0 Å². The second kappa shape index (κ2) is 8.41. The number of anilines is 1. The molecule has 0 unspecified atom stereocenters. The largest absolute Gasteiger partial charge is 0.457 e. The minimum Gasteiger partial charge on any atom is -0.457 e. The molecule has 1 spiro atoms. The maximum atomic E-state index is 13.0. The summed E-state index contributed by atoms with van der Waals surface area (Å²) < 4.78 is 5.81. The molecule has 0 bridgehead atoms. The van der Waals surface area contributed by atoms with Gasteiger partial charge in [0.15, 0.2) is 0 Å². The Morgan fingerprint density at radius 1 is 1.16 bits per heavy atom. The lowest BCUT2D eigenvalue weighted by Gasteiger charge is -2.36. The van der Waals surface area contributed by atoms with E-state index in [0.717, 1.165) is 35.5 Å². The number of urea groups is 1. The Morgan fingerprint density at radius 2 is 1.94 bits per heavy atom. The molecule has 7 heteroatoms. The summed E-state index contributed by atoms with van der Waals surface area (Å²) in [5.41, 5.74) is 0.811. The number of hydrogen-bond donors (Lipinski definition) is 2. The predicted octanol–water partition coefficient (Wildman–Crippen LogP) is 4.23. The summed E-state index contributed by atoms with van der Waals surface area (Å²) in [6.07, 6.45) is 3.46. The molecule has 1 aliphatic carbocycles. The highest BCUT2D eigenvalue weighted by molar-refractivity contribution is 6.10. The lowest BCUT2D eigenvalue weighted by molar-refractivity contribution is -0.136. The first-order chi connectivity index (χ1) is 14.9. The Bertz CT molecular complexity index is 1000. The van der Waals surface area contributed by atoms with Crippen LogP contribution in [0.5, 0.6) is 11.5 Å². The van der Waals surface area contributed by atoms with Crippen molar-refractivity contribution in [2.45, 2.75) is 45.1 Å². The van der Waals surface area contributed by atoms with Crippen LogP contribution in [0.4, 0.5) is 10.5 Å². The standard InChI is InChI=1S/C24H27N3O4/c1-16-6-5-8-20(14-16)31-19-11-9-18(10-12-19)25-21(28)15-27-22(29)24(26-23(27)30)13-4-3-7-17(24)2/h5-6,8-12,14,17H,3-4,7,13,15H2,1-2H3,(H,25,28)(H,26,30)/t17-,24-/m0/s1. The van der Waals surface area contributed by atoms with E-state index in [2.05, 4.69) is 10.6 Å². The molecule has 1 heterocycles. The predicted molar refractivity (Wildman–Crippen MR) is 117 cm³/mol. The van der Waals surface area contributed by atoms with Gasteiger partial charge in [-0.25, -0.2) is 4.79 Å². The van der Waals surface area contributed by atoms with Crippen LogP contribution in [0.25, 0.3) is 0 Å². The van der Waals surface area contributed by atoms with Gasteiger partial charge in [0.1, 0.15) is 23.6 Å². The van der Waals surface area contributed by atoms with Gasteiger partial charge in [0, 0.05) is 5.69 Å². The van der Waals surface area contributed by atoms with E-state index in [4.69, 9.17) is 4.74 Å². The SMILES string of the molecule is Cc1cccc(Oc2ccc(NC(=O)CN3C(=O)N[C@]4(CCCC[C@@H]4C)C3=O)cc2)c1. The van der Waals surface area contributed by atoms with Gasteiger partial charge < -0.3 is 15.4 Å². The van der Waals surface area contributed by atoms with Crippen LogP contribution in [-0.4, -0.2) is 34.8 Å². The minimum atomic E-state index is -0.857. The number of aryl methyl sites for hydroxylation is 1. The Morgan fingerprint density at radius 3 is 2.65 bits per heavy atom. The Hall–Kier alpha value is -3.35. The molecule has 4 rings (SSSR count). The molecule has 1 saturated carbocycles. The van der Waals surface area contributed by atoms with Crippen LogP contribution >= 0.6 is 0 Å². The topological polar surface area (TPSA) is 87.7 Å². The zero-order chi connectivity index (χ0) is 22.0. The van der Waals surface area contributed by atoms with Gasteiger partial charge in [-0.3, -0.25) is 14.5 Å². The number of hydrogen-bond acceptors (Lipinski definition) is 4. The van der Waals surface area contributed by atoms with Crippen molar-refractivity contribution >= 4 is 23.5 Å². The van der Waals surface area contributed by atoms with E-state index in [1.54, 1.807) is 24.3 Å².